The van der Waals surface area contributed by atoms with Crippen molar-refractivity contribution in [1.82, 2.24) is 0 Å². The lowest BCUT2D eigenvalue weighted by Crippen LogP contribution is -2.00. The van der Waals surface area contributed by atoms with Crippen LogP contribution in [0.1, 0.15) is 42.2 Å². The average molecular weight is 173 g/mol. The van der Waals surface area contributed by atoms with Crippen LogP contribution in [0.2, 0.25) is 0 Å². The molecule has 1 aromatic carbocycles. The molecular formula is C12H15N. The van der Waals surface area contributed by atoms with Gasteiger partial charge in [0.1, 0.15) is 0 Å². The molecule has 0 heterocycles. The van der Waals surface area contributed by atoms with E-state index in [4.69, 9.17) is 5.73 Å². The average Bonchev–Trinajstić information content (AvgIpc) is 2.98. The van der Waals surface area contributed by atoms with Crippen LogP contribution in [0.25, 0.3) is 0 Å². The molecule has 2 atom stereocenters. The number of benzene rings is 1. The summed E-state index contributed by atoms with van der Waals surface area (Å²) in [7, 11) is 0. The summed E-state index contributed by atoms with van der Waals surface area (Å²) < 4.78 is 0. The van der Waals surface area contributed by atoms with Crippen molar-refractivity contribution in [1.29, 1.82) is 0 Å². The second kappa shape index (κ2) is 2.58. The molecule has 0 saturated heterocycles. The molecule has 13 heavy (non-hydrogen) atoms. The van der Waals surface area contributed by atoms with Crippen LogP contribution in [0.15, 0.2) is 24.3 Å². The van der Waals surface area contributed by atoms with E-state index in [-0.39, 0.29) is 0 Å². The third-order valence-electron chi connectivity index (χ3n) is 3.25. The summed E-state index contributed by atoms with van der Waals surface area (Å²) in [4.78, 5) is 0. The van der Waals surface area contributed by atoms with Crippen LogP contribution in [-0.4, -0.2) is 6.04 Å². The highest BCUT2D eigenvalue weighted by Gasteiger charge is 2.34. The molecule has 0 aromatic heterocycles. The van der Waals surface area contributed by atoms with Gasteiger partial charge in [-0.25, -0.2) is 0 Å². The van der Waals surface area contributed by atoms with E-state index in [2.05, 4.69) is 24.3 Å². The van der Waals surface area contributed by atoms with Crippen molar-refractivity contribution in [3.05, 3.63) is 35.4 Å². The van der Waals surface area contributed by atoms with Crippen LogP contribution < -0.4 is 5.73 Å². The van der Waals surface area contributed by atoms with E-state index in [1.807, 2.05) is 0 Å². The van der Waals surface area contributed by atoms with Gasteiger partial charge in [0, 0.05) is 12.0 Å². The van der Waals surface area contributed by atoms with Gasteiger partial charge >= 0.3 is 0 Å². The fourth-order valence-electron chi connectivity index (χ4n) is 2.03. The van der Waals surface area contributed by atoms with E-state index in [1.165, 1.54) is 30.4 Å². The molecule has 2 N–H and O–H groups in total. The van der Waals surface area contributed by atoms with Crippen LogP contribution >= 0.6 is 0 Å². The lowest BCUT2D eigenvalue weighted by Gasteiger charge is -2.01. The van der Waals surface area contributed by atoms with Gasteiger partial charge in [-0.3, -0.25) is 0 Å². The molecule has 2 saturated carbocycles. The zero-order valence-electron chi connectivity index (χ0n) is 7.74. The third-order valence-corrected chi connectivity index (χ3v) is 3.25. The first kappa shape index (κ1) is 7.57. The minimum Gasteiger partial charge on any atom is -0.327 e. The first-order chi connectivity index (χ1) is 6.34. The predicted octanol–water partition coefficient (Wildman–Crippen LogP) is 2.38. The lowest BCUT2D eigenvalue weighted by molar-refractivity contribution is 0.986. The molecule has 0 unspecified atom stereocenters. The Kier molecular flexibility index (Phi) is 1.50. The smallest absolute Gasteiger partial charge is 0.0115 e. The summed E-state index contributed by atoms with van der Waals surface area (Å²) in [6.45, 7) is 0. The van der Waals surface area contributed by atoms with E-state index in [0.29, 0.717) is 12.0 Å². The zero-order chi connectivity index (χ0) is 8.84. The normalized spacial score (nSPS) is 31.8. The summed E-state index contributed by atoms with van der Waals surface area (Å²) in [6.07, 6.45) is 3.97. The summed E-state index contributed by atoms with van der Waals surface area (Å²) in [6, 6.07) is 9.55. The van der Waals surface area contributed by atoms with Gasteiger partial charge in [0.2, 0.25) is 0 Å². The van der Waals surface area contributed by atoms with Crippen molar-refractivity contribution in [3.63, 3.8) is 0 Å². The second-order valence-corrected chi connectivity index (χ2v) is 4.45. The van der Waals surface area contributed by atoms with Crippen LogP contribution in [-0.2, 0) is 0 Å². The van der Waals surface area contributed by atoms with Crippen molar-refractivity contribution < 1.29 is 0 Å². The quantitative estimate of drug-likeness (QED) is 0.730. The Balaban J connectivity index is 1.81. The summed E-state index contributed by atoms with van der Waals surface area (Å²) in [5.74, 6) is 1.54. The van der Waals surface area contributed by atoms with Crippen molar-refractivity contribution in [2.45, 2.75) is 37.1 Å². The Morgan fingerprint density at radius 3 is 2.00 bits per heavy atom. The van der Waals surface area contributed by atoms with Gasteiger partial charge in [-0.2, -0.15) is 0 Å². The fourth-order valence-corrected chi connectivity index (χ4v) is 2.03. The van der Waals surface area contributed by atoms with Crippen LogP contribution in [0.3, 0.4) is 0 Å². The molecule has 2 aliphatic rings. The lowest BCUT2D eigenvalue weighted by atomic mass is 10.1. The molecule has 0 radical (unpaired) electrons. The van der Waals surface area contributed by atoms with Gasteiger partial charge in [-0.05, 0) is 36.3 Å². The Labute approximate surface area is 78.9 Å². The van der Waals surface area contributed by atoms with Gasteiger partial charge in [0.05, 0.1) is 0 Å². The molecule has 0 spiro atoms. The van der Waals surface area contributed by atoms with E-state index >= 15 is 0 Å². The molecule has 0 amide bonds. The minimum absolute atomic E-state index is 0.437. The molecule has 68 valence electrons. The van der Waals surface area contributed by atoms with E-state index < -0.39 is 0 Å². The maximum atomic E-state index is 5.81. The van der Waals surface area contributed by atoms with Crippen LogP contribution in [0, 0.1) is 0 Å². The molecular weight excluding hydrogens is 158 g/mol. The monoisotopic (exact) mass is 173 g/mol. The topological polar surface area (TPSA) is 26.0 Å². The SMILES string of the molecule is N[C@H]1C[C@@H]1c1ccc(C2CC2)cc1. The van der Waals surface area contributed by atoms with Crippen molar-refractivity contribution in [2.75, 3.05) is 0 Å². The molecule has 1 heteroatoms. The van der Waals surface area contributed by atoms with Crippen molar-refractivity contribution in [3.8, 4) is 0 Å². The fraction of sp³-hybridized carbons (Fsp3) is 0.500. The van der Waals surface area contributed by atoms with E-state index in [9.17, 15) is 0 Å². The molecule has 2 fully saturated rings. The predicted molar refractivity (Wildman–Crippen MR) is 53.8 cm³/mol. The standard InChI is InChI=1S/C12H15N/c13-12-7-11(12)10-5-3-9(4-6-10)8-1-2-8/h3-6,8,11-12H,1-2,7,13H2/t11-,12+/m1/s1. The largest absolute Gasteiger partial charge is 0.327 e. The molecule has 0 bridgehead atoms. The molecule has 0 aliphatic heterocycles. The number of hydrogen-bond acceptors (Lipinski definition) is 1. The summed E-state index contributed by atoms with van der Waals surface area (Å²) in [5, 5.41) is 0. The maximum Gasteiger partial charge on any atom is 0.0115 e. The van der Waals surface area contributed by atoms with Crippen LogP contribution in [0.5, 0.6) is 0 Å². The van der Waals surface area contributed by atoms with E-state index in [1.54, 1.807) is 0 Å². The third kappa shape index (κ3) is 1.37. The number of hydrogen-bond donors (Lipinski definition) is 1. The van der Waals surface area contributed by atoms with Crippen molar-refractivity contribution >= 4 is 0 Å². The first-order valence-corrected chi connectivity index (χ1v) is 5.20. The number of rotatable bonds is 2. The Bertz CT molecular complexity index is 310. The van der Waals surface area contributed by atoms with Gasteiger partial charge in [0.15, 0.2) is 0 Å². The summed E-state index contributed by atoms with van der Waals surface area (Å²) in [5.41, 5.74) is 8.78. The summed E-state index contributed by atoms with van der Waals surface area (Å²) >= 11 is 0. The molecule has 3 rings (SSSR count). The Morgan fingerprint density at radius 1 is 1.00 bits per heavy atom. The van der Waals surface area contributed by atoms with E-state index in [0.717, 1.165) is 5.92 Å². The first-order valence-electron chi connectivity index (χ1n) is 5.20. The van der Waals surface area contributed by atoms with Crippen LogP contribution in [0.4, 0.5) is 0 Å². The second-order valence-electron chi connectivity index (χ2n) is 4.45. The zero-order valence-corrected chi connectivity index (χ0v) is 7.74. The van der Waals surface area contributed by atoms with Gasteiger partial charge in [0.25, 0.3) is 0 Å². The van der Waals surface area contributed by atoms with Gasteiger partial charge < -0.3 is 5.73 Å². The van der Waals surface area contributed by atoms with Gasteiger partial charge in [-0.15, -0.1) is 0 Å². The Morgan fingerprint density at radius 2 is 1.54 bits per heavy atom. The highest BCUT2D eigenvalue weighted by molar-refractivity contribution is 5.33. The van der Waals surface area contributed by atoms with Crippen molar-refractivity contribution in [2.24, 2.45) is 5.73 Å². The molecule has 1 nitrogen and oxygen atoms in total. The molecule has 2 aliphatic carbocycles. The number of nitrogens with two attached hydrogens (primary N) is 1. The highest BCUT2D eigenvalue weighted by Crippen LogP contribution is 2.42. The molecule has 1 aromatic rings. The van der Waals surface area contributed by atoms with Gasteiger partial charge in [-0.1, -0.05) is 24.3 Å². The Hall–Kier alpha value is -0.820. The minimum atomic E-state index is 0.437. The highest BCUT2D eigenvalue weighted by atomic mass is 14.7. The maximum absolute atomic E-state index is 5.81.